The minimum absolute atomic E-state index is 0.155. The first-order valence-corrected chi connectivity index (χ1v) is 3.09. The van der Waals surface area contributed by atoms with Crippen molar-refractivity contribution in [3.8, 4) is 12.3 Å². The third-order valence-electron chi connectivity index (χ3n) is 0.883. The number of hydrogen-bond acceptors (Lipinski definition) is 5. The Morgan fingerprint density at radius 2 is 2.25 bits per heavy atom. The molecule has 0 saturated carbocycles. The molecule has 0 unspecified atom stereocenters. The molecular weight excluding hydrogens is 156 g/mol. The average Bonchev–Trinajstić information content (AvgIpc) is 2.07. The molecule has 0 saturated heterocycles. The Bertz CT molecular complexity index is 311. The van der Waals surface area contributed by atoms with Crippen LogP contribution in [-0.4, -0.2) is 18.4 Å². The fourth-order valence-corrected chi connectivity index (χ4v) is 0.472. The zero-order chi connectivity index (χ0) is 9.40. The van der Waals surface area contributed by atoms with Crippen LogP contribution >= 0.6 is 0 Å². The van der Waals surface area contributed by atoms with Gasteiger partial charge in [0.25, 0.3) is 5.90 Å². The predicted octanol–water partition coefficient (Wildman–Crippen LogP) is 0.601. The molecule has 0 atom stereocenters. The van der Waals surface area contributed by atoms with Gasteiger partial charge in [0.1, 0.15) is 6.07 Å². The molecule has 0 fully saturated rings. The van der Waals surface area contributed by atoms with Gasteiger partial charge >= 0.3 is 0 Å². The Morgan fingerprint density at radius 1 is 1.58 bits per heavy atom. The van der Waals surface area contributed by atoms with Gasteiger partial charge in [-0.05, 0) is 6.92 Å². The summed E-state index contributed by atoms with van der Waals surface area (Å²) in [6, 6.07) is 1.63. The first-order chi connectivity index (χ1) is 5.79. The number of rotatable bonds is 2. The van der Waals surface area contributed by atoms with Crippen LogP contribution in [0.5, 0.6) is 0 Å². The fourth-order valence-electron chi connectivity index (χ4n) is 0.472. The summed E-state index contributed by atoms with van der Waals surface area (Å²) in [5, 5.41) is 23.3. The molecule has 0 aromatic carbocycles. The van der Waals surface area contributed by atoms with Crippen LogP contribution in [0.15, 0.2) is 10.6 Å². The SMILES string of the molecule is CCOC(=NC#N)C(=C=N)C#N. The summed E-state index contributed by atoms with van der Waals surface area (Å²) in [4.78, 5) is 3.21. The van der Waals surface area contributed by atoms with Crippen molar-refractivity contribution in [3.63, 3.8) is 0 Å². The van der Waals surface area contributed by atoms with E-state index in [0.717, 1.165) is 0 Å². The zero-order valence-electron chi connectivity index (χ0n) is 6.46. The van der Waals surface area contributed by atoms with Gasteiger partial charge in [-0.1, -0.05) is 0 Å². The Hall–Kier alpha value is -2.10. The van der Waals surface area contributed by atoms with Crippen molar-refractivity contribution in [3.05, 3.63) is 5.57 Å². The Labute approximate surface area is 69.7 Å². The van der Waals surface area contributed by atoms with Gasteiger partial charge in [0, 0.05) is 5.87 Å². The topological polar surface area (TPSA) is 93.0 Å². The monoisotopic (exact) mass is 162 g/mol. The molecule has 0 aliphatic rings. The fraction of sp³-hybridized carbons (Fsp3) is 0.286. The van der Waals surface area contributed by atoms with Crippen molar-refractivity contribution in [1.82, 2.24) is 0 Å². The highest BCUT2D eigenvalue weighted by molar-refractivity contribution is 6.05. The van der Waals surface area contributed by atoms with E-state index >= 15 is 0 Å². The van der Waals surface area contributed by atoms with Crippen molar-refractivity contribution in [2.24, 2.45) is 4.99 Å². The Morgan fingerprint density at radius 3 is 2.58 bits per heavy atom. The smallest absolute Gasteiger partial charge is 0.252 e. The molecule has 0 aliphatic heterocycles. The minimum Gasteiger partial charge on any atom is -0.476 e. The number of nitrogens with zero attached hydrogens (tertiary/aromatic N) is 3. The lowest BCUT2D eigenvalue weighted by Gasteiger charge is -1.99. The maximum atomic E-state index is 8.41. The van der Waals surface area contributed by atoms with Crippen molar-refractivity contribution in [2.75, 3.05) is 6.61 Å². The third-order valence-corrected chi connectivity index (χ3v) is 0.883. The van der Waals surface area contributed by atoms with Gasteiger partial charge in [0.2, 0.25) is 6.19 Å². The molecule has 0 aromatic rings. The van der Waals surface area contributed by atoms with E-state index in [9.17, 15) is 0 Å². The molecular formula is C7H6N4O. The van der Waals surface area contributed by atoms with Crippen LogP contribution in [0.4, 0.5) is 0 Å². The van der Waals surface area contributed by atoms with Crippen molar-refractivity contribution in [1.29, 1.82) is 15.9 Å². The van der Waals surface area contributed by atoms with E-state index in [0.29, 0.717) is 0 Å². The summed E-state index contributed by atoms with van der Waals surface area (Å²) < 4.78 is 4.81. The molecule has 5 heteroatoms. The van der Waals surface area contributed by atoms with Gasteiger partial charge in [-0.3, -0.25) is 5.41 Å². The molecule has 0 spiro atoms. The first kappa shape index (κ1) is 9.90. The lowest BCUT2D eigenvalue weighted by atomic mass is 10.3. The zero-order valence-corrected chi connectivity index (χ0v) is 6.46. The molecule has 12 heavy (non-hydrogen) atoms. The second-order valence-electron chi connectivity index (χ2n) is 1.56. The molecule has 0 heterocycles. The highest BCUT2D eigenvalue weighted by Crippen LogP contribution is 1.94. The second-order valence-corrected chi connectivity index (χ2v) is 1.56. The molecule has 0 rings (SSSR count). The van der Waals surface area contributed by atoms with E-state index in [4.69, 9.17) is 20.7 Å². The molecule has 1 N–H and O–H groups in total. The van der Waals surface area contributed by atoms with Gasteiger partial charge in [0.15, 0.2) is 5.57 Å². The maximum absolute atomic E-state index is 8.41. The summed E-state index contributed by atoms with van der Waals surface area (Å²) >= 11 is 0. The van der Waals surface area contributed by atoms with Crippen LogP contribution in [0, 0.1) is 28.2 Å². The molecule has 0 radical (unpaired) electrons. The molecule has 0 aromatic heterocycles. The average molecular weight is 162 g/mol. The Balaban J connectivity index is 4.80. The van der Waals surface area contributed by atoms with E-state index in [-0.39, 0.29) is 18.1 Å². The van der Waals surface area contributed by atoms with E-state index < -0.39 is 0 Å². The predicted molar refractivity (Wildman–Crippen MR) is 41.5 cm³/mol. The van der Waals surface area contributed by atoms with Gasteiger partial charge in [-0.25, -0.2) is 0 Å². The summed E-state index contributed by atoms with van der Waals surface area (Å²) in [5.41, 5.74) is -0.182. The van der Waals surface area contributed by atoms with Crippen LogP contribution < -0.4 is 0 Å². The molecule has 60 valence electrons. The maximum Gasteiger partial charge on any atom is 0.252 e. The van der Waals surface area contributed by atoms with Crippen molar-refractivity contribution >= 4 is 11.8 Å². The molecule has 0 bridgehead atoms. The number of aliphatic imine (C=N–C) groups is 1. The normalized spacial score (nSPS) is 9.08. The second kappa shape index (κ2) is 5.67. The van der Waals surface area contributed by atoms with Crippen LogP contribution in [-0.2, 0) is 4.74 Å². The van der Waals surface area contributed by atoms with E-state index in [1.54, 1.807) is 13.0 Å². The summed E-state index contributed by atoms with van der Waals surface area (Å²) in [7, 11) is 0. The van der Waals surface area contributed by atoms with Crippen LogP contribution in [0.2, 0.25) is 0 Å². The number of hydrogen-bond donors (Lipinski definition) is 1. The van der Waals surface area contributed by atoms with Crippen molar-refractivity contribution < 1.29 is 4.74 Å². The number of nitriles is 2. The first-order valence-electron chi connectivity index (χ1n) is 3.09. The molecule has 0 amide bonds. The van der Waals surface area contributed by atoms with Crippen LogP contribution in [0.3, 0.4) is 0 Å². The van der Waals surface area contributed by atoms with Crippen molar-refractivity contribution in [2.45, 2.75) is 6.92 Å². The van der Waals surface area contributed by atoms with Gasteiger partial charge in [-0.15, -0.1) is 4.99 Å². The summed E-state index contributed by atoms with van der Waals surface area (Å²) in [5.74, 6) is 1.67. The van der Waals surface area contributed by atoms with Gasteiger partial charge in [-0.2, -0.15) is 10.5 Å². The largest absolute Gasteiger partial charge is 0.476 e. The number of nitrogens with one attached hydrogen (secondary N) is 1. The molecule has 0 aliphatic carbocycles. The number of ether oxygens (including phenoxy) is 1. The van der Waals surface area contributed by atoms with Gasteiger partial charge in [0.05, 0.1) is 6.61 Å². The lowest BCUT2D eigenvalue weighted by molar-refractivity contribution is 0.329. The summed E-state index contributed by atoms with van der Waals surface area (Å²) in [6.07, 6.45) is 1.47. The third kappa shape index (κ3) is 2.66. The quantitative estimate of drug-likeness (QED) is 0.279. The van der Waals surface area contributed by atoms with E-state index in [1.165, 1.54) is 6.19 Å². The van der Waals surface area contributed by atoms with Crippen LogP contribution in [0.25, 0.3) is 0 Å². The highest BCUT2D eigenvalue weighted by atomic mass is 16.5. The molecule has 5 nitrogen and oxygen atoms in total. The van der Waals surface area contributed by atoms with Crippen LogP contribution in [0.1, 0.15) is 6.92 Å². The standard InChI is InChI=1S/C7H6N4O/c1-2-12-7(11-5-10)6(3-8)4-9/h8H,2H2,1H3. The lowest BCUT2D eigenvalue weighted by Crippen LogP contribution is -2.07. The van der Waals surface area contributed by atoms with Gasteiger partial charge < -0.3 is 4.74 Å². The minimum atomic E-state index is -0.182. The summed E-state index contributed by atoms with van der Waals surface area (Å²) in [6.45, 7) is 1.97. The van der Waals surface area contributed by atoms with E-state index in [1.807, 2.05) is 5.87 Å². The van der Waals surface area contributed by atoms with E-state index in [2.05, 4.69) is 4.99 Å². The Kier molecular flexibility index (Phi) is 4.68. The highest BCUT2D eigenvalue weighted by Gasteiger charge is 2.06.